The molecule has 1 aliphatic carbocycles. The molecule has 1 N–H and O–H groups in total. The lowest BCUT2D eigenvalue weighted by molar-refractivity contribution is -0.164. The quantitative estimate of drug-likeness (QED) is 0.462. The van der Waals surface area contributed by atoms with Gasteiger partial charge in [0.2, 0.25) is 0 Å². The number of benzene rings is 1. The second-order valence-electron chi connectivity index (χ2n) is 8.63. The highest BCUT2D eigenvalue weighted by Crippen LogP contribution is 2.55. The Morgan fingerprint density at radius 3 is 2.70 bits per heavy atom. The zero-order valence-corrected chi connectivity index (χ0v) is 19.8. The molecule has 1 heterocycles. The number of carbonyl (C=O) groups is 1. The Hall–Kier alpha value is -1.82. The first-order chi connectivity index (χ1) is 14.1. The Morgan fingerprint density at radius 2 is 2.10 bits per heavy atom. The largest absolute Gasteiger partial charge is 0.489 e. The van der Waals surface area contributed by atoms with E-state index in [1.165, 1.54) is 10.8 Å². The lowest BCUT2D eigenvalue weighted by Gasteiger charge is -2.63. The maximum absolute atomic E-state index is 12.8. The van der Waals surface area contributed by atoms with Gasteiger partial charge < -0.3 is 10.1 Å². The number of carbonyl (C=O) groups excluding carboxylic acids is 1. The molecule has 3 rings (SSSR count). The third kappa shape index (κ3) is 4.29. The van der Waals surface area contributed by atoms with Crippen LogP contribution >= 0.6 is 34.1 Å². The van der Waals surface area contributed by atoms with E-state index in [4.69, 9.17) is 21.6 Å². The molecule has 30 heavy (non-hydrogen) atoms. The Kier molecular flexibility index (Phi) is 6.66. The van der Waals surface area contributed by atoms with Gasteiger partial charge in [0.15, 0.2) is 0 Å². The summed E-state index contributed by atoms with van der Waals surface area (Å²) in [6.45, 7) is 9.00. The number of amides is 1. The number of aromatic nitrogens is 2. The lowest BCUT2D eigenvalue weighted by atomic mass is 9.49. The molecule has 1 aromatic carbocycles. The maximum Gasteiger partial charge on any atom is 0.254 e. The Bertz CT molecular complexity index is 968. The number of nitriles is 1. The molecule has 1 saturated carbocycles. The zero-order chi connectivity index (χ0) is 22.1. The summed E-state index contributed by atoms with van der Waals surface area (Å²) < 4.78 is 8.00. The minimum atomic E-state index is -0.307. The standard InChI is InChI=1S/C21H25ClN4O2S2/c1-20(2)18(25-17(27)14-11-24-26(12-14)7-8-30-29)21(3,4)19(20)28-15-6-5-13(10-23)16(22)9-15/h5-6,9,11-12,18-19,29H,7-8H2,1-4H3,(H,25,27)/t18-,19-. The highest BCUT2D eigenvalue weighted by Gasteiger charge is 2.64. The molecule has 1 aliphatic rings. The van der Waals surface area contributed by atoms with Crippen LogP contribution in [0.1, 0.15) is 43.6 Å². The minimum absolute atomic E-state index is 0.0901. The summed E-state index contributed by atoms with van der Waals surface area (Å²) in [5.41, 5.74) is 0.333. The first kappa shape index (κ1) is 22.9. The normalized spacial score (nSPS) is 21.4. The highest BCUT2D eigenvalue weighted by atomic mass is 35.5. The molecule has 0 spiro atoms. The van der Waals surface area contributed by atoms with Crippen LogP contribution < -0.4 is 10.1 Å². The molecule has 160 valence electrons. The molecule has 0 bridgehead atoms. The summed E-state index contributed by atoms with van der Waals surface area (Å²) in [6, 6.07) is 7.02. The average molecular weight is 465 g/mol. The van der Waals surface area contributed by atoms with Crippen LogP contribution in [-0.2, 0) is 6.54 Å². The van der Waals surface area contributed by atoms with Gasteiger partial charge in [-0.25, -0.2) is 0 Å². The fourth-order valence-corrected chi connectivity index (χ4v) is 5.27. The summed E-state index contributed by atoms with van der Waals surface area (Å²) in [4.78, 5) is 12.8. The van der Waals surface area contributed by atoms with Crippen LogP contribution in [0.5, 0.6) is 5.75 Å². The van der Waals surface area contributed by atoms with Gasteiger partial charge in [0.1, 0.15) is 17.9 Å². The first-order valence-corrected chi connectivity index (χ1v) is 12.0. The van der Waals surface area contributed by atoms with E-state index in [0.717, 1.165) is 5.75 Å². The van der Waals surface area contributed by atoms with Crippen molar-refractivity contribution in [3.8, 4) is 11.8 Å². The van der Waals surface area contributed by atoms with Crippen LogP contribution in [0.15, 0.2) is 30.6 Å². The fourth-order valence-electron chi connectivity index (χ4n) is 4.55. The Labute approximate surface area is 191 Å². The fraction of sp³-hybridized carbons (Fsp3) is 0.476. The van der Waals surface area contributed by atoms with E-state index in [-0.39, 0.29) is 28.9 Å². The van der Waals surface area contributed by atoms with Crippen molar-refractivity contribution < 1.29 is 9.53 Å². The predicted octanol–water partition coefficient (Wildman–Crippen LogP) is 4.60. The molecule has 1 aromatic heterocycles. The van der Waals surface area contributed by atoms with Crippen LogP contribution in [0.25, 0.3) is 0 Å². The van der Waals surface area contributed by atoms with E-state index in [9.17, 15) is 4.79 Å². The number of nitrogens with one attached hydrogen (secondary N) is 1. The van der Waals surface area contributed by atoms with Crippen molar-refractivity contribution >= 4 is 40.0 Å². The second-order valence-corrected chi connectivity index (χ2v) is 10.5. The molecular weight excluding hydrogens is 440 g/mol. The van der Waals surface area contributed by atoms with E-state index in [1.807, 2.05) is 6.07 Å². The van der Waals surface area contributed by atoms with Gasteiger partial charge >= 0.3 is 0 Å². The van der Waals surface area contributed by atoms with E-state index < -0.39 is 0 Å². The van der Waals surface area contributed by atoms with Crippen LogP contribution in [0.4, 0.5) is 0 Å². The van der Waals surface area contributed by atoms with E-state index in [2.05, 4.69) is 49.8 Å². The molecule has 0 atom stereocenters. The van der Waals surface area contributed by atoms with Gasteiger partial charge in [-0.2, -0.15) is 10.4 Å². The van der Waals surface area contributed by atoms with Crippen molar-refractivity contribution in [2.75, 3.05) is 5.75 Å². The van der Waals surface area contributed by atoms with Crippen LogP contribution in [0.3, 0.4) is 0 Å². The van der Waals surface area contributed by atoms with Crippen molar-refractivity contribution in [3.63, 3.8) is 0 Å². The van der Waals surface area contributed by atoms with Gasteiger partial charge in [0.25, 0.3) is 5.91 Å². The molecule has 0 radical (unpaired) electrons. The summed E-state index contributed by atoms with van der Waals surface area (Å²) in [7, 11) is 1.44. The zero-order valence-electron chi connectivity index (χ0n) is 17.3. The van der Waals surface area contributed by atoms with Gasteiger partial charge in [0, 0.05) is 34.9 Å². The second kappa shape index (κ2) is 8.74. The van der Waals surface area contributed by atoms with Crippen LogP contribution in [0.2, 0.25) is 5.02 Å². The molecule has 1 fully saturated rings. The molecule has 0 unspecified atom stereocenters. The van der Waals surface area contributed by atoms with Crippen molar-refractivity contribution in [2.45, 2.75) is 46.4 Å². The SMILES string of the molecule is CC1(C)[C@H](NC(=O)c2cnn(CCSS)c2)C(C)(C)[C@H]1Oc1ccc(C#N)c(Cl)c1. The number of aryl methyl sites for hydroxylation is 1. The molecule has 0 aliphatic heterocycles. The van der Waals surface area contributed by atoms with Gasteiger partial charge in [-0.05, 0) is 12.1 Å². The number of hydrogen-bond acceptors (Lipinski definition) is 6. The molecular formula is C21H25ClN4O2S2. The lowest BCUT2D eigenvalue weighted by Crippen LogP contribution is -2.74. The molecule has 9 heteroatoms. The van der Waals surface area contributed by atoms with Crippen molar-refractivity contribution in [1.29, 1.82) is 5.26 Å². The third-order valence-electron chi connectivity index (χ3n) is 5.74. The van der Waals surface area contributed by atoms with Crippen molar-refractivity contribution in [1.82, 2.24) is 15.1 Å². The smallest absolute Gasteiger partial charge is 0.254 e. The predicted molar refractivity (Wildman–Crippen MR) is 123 cm³/mol. The molecule has 0 saturated heterocycles. The summed E-state index contributed by atoms with van der Waals surface area (Å²) in [5.74, 6) is 1.27. The van der Waals surface area contributed by atoms with Crippen LogP contribution in [0, 0.1) is 22.2 Å². The minimum Gasteiger partial charge on any atom is -0.489 e. The summed E-state index contributed by atoms with van der Waals surface area (Å²) >= 11 is 10.3. The monoisotopic (exact) mass is 464 g/mol. The maximum atomic E-state index is 12.8. The van der Waals surface area contributed by atoms with Gasteiger partial charge in [-0.1, -0.05) is 50.1 Å². The third-order valence-corrected chi connectivity index (χ3v) is 6.96. The Morgan fingerprint density at radius 1 is 1.40 bits per heavy atom. The van der Waals surface area contributed by atoms with Gasteiger partial charge in [-0.3, -0.25) is 9.48 Å². The Balaban J connectivity index is 1.70. The number of hydrogen-bond donors (Lipinski definition) is 2. The van der Waals surface area contributed by atoms with Crippen molar-refractivity contribution in [2.24, 2.45) is 10.8 Å². The van der Waals surface area contributed by atoms with E-state index in [0.29, 0.717) is 28.4 Å². The van der Waals surface area contributed by atoms with E-state index >= 15 is 0 Å². The van der Waals surface area contributed by atoms with Gasteiger partial charge in [0.05, 0.1) is 28.9 Å². The van der Waals surface area contributed by atoms with Crippen molar-refractivity contribution in [3.05, 3.63) is 46.7 Å². The molecule has 6 nitrogen and oxygen atoms in total. The average Bonchev–Trinajstić information content (AvgIpc) is 3.17. The number of ether oxygens (including phenoxy) is 1. The number of rotatable bonds is 7. The van der Waals surface area contributed by atoms with E-state index in [1.54, 1.807) is 35.3 Å². The van der Waals surface area contributed by atoms with Gasteiger partial charge in [-0.15, -0.1) is 11.7 Å². The summed E-state index contributed by atoms with van der Waals surface area (Å²) in [6.07, 6.45) is 3.20. The topological polar surface area (TPSA) is 79.9 Å². The van der Waals surface area contributed by atoms with Crippen LogP contribution in [-0.4, -0.2) is 33.6 Å². The molecule has 2 aromatic rings. The highest BCUT2D eigenvalue weighted by molar-refractivity contribution is 8.68. The summed E-state index contributed by atoms with van der Waals surface area (Å²) in [5, 5.41) is 16.8. The first-order valence-electron chi connectivity index (χ1n) is 9.57. The molecule has 1 amide bonds. The number of nitrogens with zero attached hydrogens (tertiary/aromatic N) is 3. The number of halogens is 1. The number of thiol groups is 1.